The number of aliphatic hydroxyl groups is 7. The summed E-state index contributed by atoms with van der Waals surface area (Å²) >= 11 is 0. The zero-order chi connectivity index (χ0) is 39.8. The molecule has 4 aliphatic carbocycles. The van der Waals surface area contributed by atoms with E-state index in [9.17, 15) is 45.3 Å². The Morgan fingerprint density at radius 2 is 1.56 bits per heavy atom. The Balaban J connectivity index is 1.27. The lowest BCUT2D eigenvalue weighted by Gasteiger charge is -2.68. The predicted molar refractivity (Wildman–Crippen MR) is 194 cm³/mol. The zero-order valence-corrected chi connectivity index (χ0v) is 32.9. The second-order valence-electron chi connectivity index (χ2n) is 18.9. The molecule has 0 aromatic carbocycles. The Labute approximate surface area is 318 Å². The lowest BCUT2D eigenvalue weighted by Crippen LogP contribution is -2.63. The molecule has 7 N–H and O–H groups in total. The van der Waals surface area contributed by atoms with E-state index in [-0.39, 0.29) is 52.0 Å². The maximum Gasteiger partial charge on any atom is 0.318 e. The highest BCUT2D eigenvalue weighted by Gasteiger charge is 2.66. The molecule has 2 aliphatic heterocycles. The molecular formula is C41H64O13. The van der Waals surface area contributed by atoms with Crippen molar-refractivity contribution in [1.29, 1.82) is 0 Å². The summed E-state index contributed by atoms with van der Waals surface area (Å²) in [6, 6.07) is 0. The lowest BCUT2D eigenvalue weighted by atomic mass is 9.36. The van der Waals surface area contributed by atoms with Gasteiger partial charge in [-0.2, -0.15) is 0 Å². The molecule has 2 saturated carbocycles. The van der Waals surface area contributed by atoms with Crippen LogP contribution in [0, 0.1) is 44.8 Å². The number of rotatable bonds is 9. The number of hydrogen-bond acceptors (Lipinski definition) is 13. The highest BCUT2D eigenvalue weighted by molar-refractivity contribution is 5.81. The van der Waals surface area contributed by atoms with Gasteiger partial charge in [0.15, 0.2) is 6.29 Å². The Hall–Kier alpha value is -1.78. The minimum atomic E-state index is -1.80. The van der Waals surface area contributed by atoms with Crippen molar-refractivity contribution in [2.75, 3.05) is 13.2 Å². The molecule has 13 nitrogen and oxygen atoms in total. The number of carbonyl (C=O) groups is 2. The third-order valence-electron chi connectivity index (χ3n) is 15.6. The van der Waals surface area contributed by atoms with E-state index in [2.05, 4.69) is 46.8 Å². The van der Waals surface area contributed by atoms with E-state index in [0.717, 1.165) is 31.3 Å². The standard InChI is InChI=1S/C41H64O13/c1-21(22(2)42)10-15-41(36(50)54-35-33(49)31(47)30(46)25(53-35)20-52-34-32(48)29(45)24(43)19-51-34)17-16-39(6)23(18-41)8-9-27-38(5)13-12-28(44)37(3,4)26(38)11-14-40(27,39)7/h8-9,18,21,24-35,43-49H,10-17,19-20H2,1-7H3. The molecule has 0 aromatic rings. The normalized spacial score (nSPS) is 49.1. The number of allylic oxidation sites excluding steroid dienone is 3. The first-order valence-electron chi connectivity index (χ1n) is 19.9. The molecule has 2 heterocycles. The van der Waals surface area contributed by atoms with Gasteiger partial charge < -0.3 is 54.7 Å². The smallest absolute Gasteiger partial charge is 0.318 e. The van der Waals surface area contributed by atoms with Crippen molar-refractivity contribution in [2.24, 2.45) is 44.8 Å². The number of hydrogen-bond donors (Lipinski definition) is 7. The number of fused-ring (bicyclic) bond motifs is 5. The van der Waals surface area contributed by atoms with Gasteiger partial charge in [0.05, 0.1) is 24.7 Å². The van der Waals surface area contributed by atoms with Gasteiger partial charge in [0.1, 0.15) is 48.5 Å². The molecule has 0 amide bonds. The summed E-state index contributed by atoms with van der Waals surface area (Å²) in [5.74, 6) is -0.354. The van der Waals surface area contributed by atoms with Gasteiger partial charge in [0.2, 0.25) is 6.29 Å². The van der Waals surface area contributed by atoms with Gasteiger partial charge in [0, 0.05) is 5.92 Å². The molecule has 2 saturated heterocycles. The first-order valence-corrected chi connectivity index (χ1v) is 19.9. The molecule has 0 spiro atoms. The van der Waals surface area contributed by atoms with E-state index in [4.69, 9.17) is 18.9 Å². The van der Waals surface area contributed by atoms with Crippen molar-refractivity contribution in [3.63, 3.8) is 0 Å². The van der Waals surface area contributed by atoms with Crippen LogP contribution in [0.5, 0.6) is 0 Å². The summed E-state index contributed by atoms with van der Waals surface area (Å²) in [6.45, 7) is 14.1. The fourth-order valence-electron chi connectivity index (χ4n) is 11.4. The maximum absolute atomic E-state index is 14.5. The highest BCUT2D eigenvalue weighted by Crippen LogP contribution is 2.72. The van der Waals surface area contributed by atoms with Crippen molar-refractivity contribution < 1.29 is 64.3 Å². The lowest BCUT2D eigenvalue weighted by molar-refractivity contribution is -0.316. The number of ether oxygens (including phenoxy) is 4. The van der Waals surface area contributed by atoms with Crippen molar-refractivity contribution in [2.45, 2.75) is 161 Å². The van der Waals surface area contributed by atoms with E-state index >= 15 is 0 Å². The van der Waals surface area contributed by atoms with Gasteiger partial charge in [-0.3, -0.25) is 9.59 Å². The zero-order valence-electron chi connectivity index (χ0n) is 32.9. The molecule has 6 aliphatic rings. The molecule has 306 valence electrons. The minimum Gasteiger partial charge on any atom is -0.432 e. The van der Waals surface area contributed by atoms with Gasteiger partial charge in [-0.1, -0.05) is 59.8 Å². The number of ketones is 1. The maximum atomic E-state index is 14.5. The number of aliphatic hydroxyl groups excluding tert-OH is 7. The third kappa shape index (κ3) is 6.75. The summed E-state index contributed by atoms with van der Waals surface area (Å²) in [7, 11) is 0. The number of carbonyl (C=O) groups excluding carboxylic acids is 2. The summed E-state index contributed by atoms with van der Waals surface area (Å²) in [6.07, 6.45) is -2.43. The first kappa shape index (κ1) is 41.8. The van der Waals surface area contributed by atoms with Crippen LogP contribution < -0.4 is 0 Å². The average Bonchev–Trinajstić information content (AvgIpc) is 3.12. The van der Waals surface area contributed by atoms with Gasteiger partial charge in [-0.15, -0.1) is 0 Å². The summed E-state index contributed by atoms with van der Waals surface area (Å²) in [4.78, 5) is 26.9. The minimum absolute atomic E-state index is 0.00495. The van der Waals surface area contributed by atoms with E-state index in [1.807, 2.05) is 13.0 Å². The van der Waals surface area contributed by atoms with Crippen LogP contribution in [0.25, 0.3) is 0 Å². The van der Waals surface area contributed by atoms with Crippen LogP contribution in [0.3, 0.4) is 0 Å². The predicted octanol–water partition coefficient (Wildman–Crippen LogP) is 2.30. The van der Waals surface area contributed by atoms with E-state index in [1.165, 1.54) is 6.92 Å². The van der Waals surface area contributed by atoms with Crippen LogP contribution in [-0.4, -0.2) is 122 Å². The van der Waals surface area contributed by atoms with Crippen molar-refractivity contribution in [1.82, 2.24) is 0 Å². The van der Waals surface area contributed by atoms with Crippen LogP contribution in [-0.2, 0) is 28.5 Å². The highest BCUT2D eigenvalue weighted by atomic mass is 16.7. The summed E-state index contributed by atoms with van der Waals surface area (Å²) in [5, 5.41) is 73.6. The molecule has 6 rings (SSSR count). The molecule has 54 heavy (non-hydrogen) atoms. The molecule has 17 unspecified atom stereocenters. The van der Waals surface area contributed by atoms with Crippen LogP contribution in [0.15, 0.2) is 23.8 Å². The first-order chi connectivity index (χ1) is 25.1. The van der Waals surface area contributed by atoms with Crippen LogP contribution >= 0.6 is 0 Å². The van der Waals surface area contributed by atoms with Crippen LogP contribution in [0.4, 0.5) is 0 Å². The Bertz CT molecular complexity index is 1480. The van der Waals surface area contributed by atoms with Crippen molar-refractivity contribution in [3.05, 3.63) is 23.8 Å². The molecule has 4 fully saturated rings. The summed E-state index contributed by atoms with van der Waals surface area (Å²) < 4.78 is 22.6. The Morgan fingerprint density at radius 1 is 0.870 bits per heavy atom. The second-order valence-corrected chi connectivity index (χ2v) is 18.9. The number of esters is 1. The molecule has 17 atom stereocenters. The van der Waals surface area contributed by atoms with Crippen molar-refractivity contribution >= 4 is 11.8 Å². The fraction of sp³-hybridized carbons (Fsp3) is 0.854. The Morgan fingerprint density at radius 3 is 2.24 bits per heavy atom. The molecule has 0 aromatic heterocycles. The van der Waals surface area contributed by atoms with Gasteiger partial charge in [-0.25, -0.2) is 0 Å². The quantitative estimate of drug-likeness (QED) is 0.168. The SMILES string of the molecule is CC(=O)C(C)CCC1(C(=O)OC2OC(COC3OCC(O)C(O)C3O)C(O)C(O)C2O)C=C2C=CC3C4(C)CCC(O)C(C)(C)C4CCC3(C)C2(C)CC1. The summed E-state index contributed by atoms with van der Waals surface area (Å²) in [5.41, 5.74) is -0.766. The fourth-order valence-corrected chi connectivity index (χ4v) is 11.4. The molecule has 13 heteroatoms. The topological polar surface area (TPSA) is 213 Å². The van der Waals surface area contributed by atoms with Crippen LogP contribution in [0.2, 0.25) is 0 Å². The van der Waals surface area contributed by atoms with Crippen molar-refractivity contribution in [3.8, 4) is 0 Å². The average molecular weight is 765 g/mol. The van der Waals surface area contributed by atoms with E-state index in [1.54, 1.807) is 0 Å². The monoisotopic (exact) mass is 764 g/mol. The number of Topliss-reactive ketones (excluding diaryl/α,β-unsaturated/α-hetero) is 1. The van der Waals surface area contributed by atoms with Gasteiger partial charge >= 0.3 is 5.97 Å². The largest absolute Gasteiger partial charge is 0.432 e. The third-order valence-corrected chi connectivity index (χ3v) is 15.6. The van der Waals surface area contributed by atoms with Gasteiger partial charge in [0.25, 0.3) is 0 Å². The van der Waals surface area contributed by atoms with E-state index in [0.29, 0.717) is 31.6 Å². The Kier molecular flexibility index (Phi) is 11.5. The molecule has 0 bridgehead atoms. The molecule has 0 radical (unpaired) electrons. The molecular weight excluding hydrogens is 700 g/mol. The van der Waals surface area contributed by atoms with Crippen LogP contribution in [0.1, 0.15) is 99.8 Å². The van der Waals surface area contributed by atoms with E-state index < -0.39 is 73.3 Å². The second kappa shape index (κ2) is 14.9. The van der Waals surface area contributed by atoms with Gasteiger partial charge in [-0.05, 0) is 97.4 Å².